The smallest absolute Gasteiger partial charge is 0.326 e. The van der Waals surface area contributed by atoms with Crippen molar-refractivity contribution in [3.63, 3.8) is 0 Å². The number of imide groups is 1. The Morgan fingerprint density at radius 1 is 1.06 bits per heavy atom. The Morgan fingerprint density at radius 3 is 2.40 bits per heavy atom. The fraction of sp³-hybridized carbons (Fsp3) is 0.250. The van der Waals surface area contributed by atoms with Crippen molar-refractivity contribution in [1.29, 1.82) is 0 Å². The van der Waals surface area contributed by atoms with Crippen LogP contribution < -0.4 is 9.77 Å². The number of rotatable bonds is 5. The lowest BCUT2D eigenvalue weighted by Crippen LogP contribution is -2.32. The predicted molar refractivity (Wildman–Crippen MR) is 138 cm³/mol. The molecule has 0 radical (unpaired) electrons. The van der Waals surface area contributed by atoms with Gasteiger partial charge in [-0.15, -0.1) is 0 Å². The van der Waals surface area contributed by atoms with Crippen molar-refractivity contribution in [3.8, 4) is 0 Å². The van der Waals surface area contributed by atoms with Crippen LogP contribution in [-0.2, 0) is 25.7 Å². The molecule has 2 amide bonds. The van der Waals surface area contributed by atoms with Crippen LogP contribution in [-0.4, -0.2) is 34.2 Å². The number of fused-ring (bicyclic) bond motifs is 2. The van der Waals surface area contributed by atoms with E-state index < -0.39 is 23.1 Å². The molecule has 2 aromatic carbocycles. The molecule has 7 nitrogen and oxygen atoms in total. The molecule has 1 aromatic heterocycles. The third-order valence-electron chi connectivity index (χ3n) is 5.96. The number of nitrogens with zero attached hydrogens (tertiary/aromatic N) is 2. The van der Waals surface area contributed by atoms with Gasteiger partial charge in [-0.2, -0.15) is 0 Å². The van der Waals surface area contributed by atoms with Crippen LogP contribution in [0.2, 0.25) is 5.02 Å². The van der Waals surface area contributed by atoms with Crippen molar-refractivity contribution in [2.45, 2.75) is 29.7 Å². The third kappa shape index (κ3) is 4.26. The molecule has 35 heavy (non-hydrogen) atoms. The lowest BCUT2D eigenvalue weighted by atomic mass is 9.83. The van der Waals surface area contributed by atoms with Gasteiger partial charge >= 0.3 is 10.8 Å². The van der Waals surface area contributed by atoms with Crippen LogP contribution in [0.4, 0.5) is 5.69 Å². The highest BCUT2D eigenvalue weighted by Crippen LogP contribution is 2.53. The van der Waals surface area contributed by atoms with E-state index in [4.69, 9.17) is 16.3 Å². The minimum Gasteiger partial charge on any atom is -0.465 e. The van der Waals surface area contributed by atoms with Crippen molar-refractivity contribution < 1.29 is 19.1 Å². The maximum atomic E-state index is 13.7. The molecule has 1 saturated heterocycles. The van der Waals surface area contributed by atoms with E-state index in [0.717, 1.165) is 21.4 Å². The molecule has 0 spiro atoms. The highest BCUT2D eigenvalue weighted by atomic mass is 79.9. The summed E-state index contributed by atoms with van der Waals surface area (Å²) in [5.41, 5.74) is 1.26. The summed E-state index contributed by atoms with van der Waals surface area (Å²) in [5, 5.41) is 0.278. The zero-order chi connectivity index (χ0) is 24.9. The monoisotopic (exact) mass is 592 g/mol. The van der Waals surface area contributed by atoms with E-state index in [1.807, 2.05) is 24.3 Å². The number of hydrogen-bond acceptors (Lipinski definition) is 7. The Kier molecular flexibility index (Phi) is 6.65. The van der Waals surface area contributed by atoms with E-state index in [9.17, 15) is 19.2 Å². The van der Waals surface area contributed by atoms with Gasteiger partial charge in [0.2, 0.25) is 11.8 Å². The molecule has 0 aliphatic carbocycles. The van der Waals surface area contributed by atoms with Gasteiger partial charge in [0, 0.05) is 20.3 Å². The normalized spacial score (nSPS) is 21.1. The van der Waals surface area contributed by atoms with Gasteiger partial charge in [-0.05, 0) is 48.9 Å². The van der Waals surface area contributed by atoms with Crippen molar-refractivity contribution in [2.24, 2.45) is 5.92 Å². The van der Waals surface area contributed by atoms with Gasteiger partial charge in [0.15, 0.2) is 0 Å². The second-order valence-corrected chi connectivity index (χ2v) is 11.5. The summed E-state index contributed by atoms with van der Waals surface area (Å²) in [7, 11) is 0. The largest absolute Gasteiger partial charge is 0.465 e. The summed E-state index contributed by atoms with van der Waals surface area (Å²) in [6.45, 7) is 1.64. The maximum Gasteiger partial charge on any atom is 0.326 e. The van der Waals surface area contributed by atoms with E-state index in [2.05, 4.69) is 15.9 Å². The molecule has 0 saturated carbocycles. The van der Waals surface area contributed by atoms with Crippen LogP contribution in [0.15, 0.2) is 62.8 Å². The molecule has 0 bridgehead atoms. The highest BCUT2D eigenvalue weighted by molar-refractivity contribution is 9.10. The van der Waals surface area contributed by atoms with Gasteiger partial charge in [0.25, 0.3) is 0 Å². The number of halogens is 2. The number of thiazole rings is 1. The first-order valence-electron chi connectivity index (χ1n) is 10.7. The Morgan fingerprint density at radius 2 is 1.74 bits per heavy atom. The zero-order valence-electron chi connectivity index (χ0n) is 18.3. The number of carbonyl (C=O) groups excluding carboxylic acids is 3. The molecular weight excluding hydrogens is 576 g/mol. The summed E-state index contributed by atoms with van der Waals surface area (Å²) >= 11 is 11.6. The molecule has 3 heterocycles. The zero-order valence-corrected chi connectivity index (χ0v) is 22.2. The molecule has 3 atom stereocenters. The molecule has 11 heteroatoms. The first kappa shape index (κ1) is 24.3. The van der Waals surface area contributed by atoms with Crippen molar-refractivity contribution in [1.82, 2.24) is 4.57 Å². The van der Waals surface area contributed by atoms with Crippen LogP contribution in [0.25, 0.3) is 0 Å². The van der Waals surface area contributed by atoms with Gasteiger partial charge in [0.05, 0.1) is 23.2 Å². The van der Waals surface area contributed by atoms with Gasteiger partial charge in [-0.3, -0.25) is 23.7 Å². The fourth-order valence-electron chi connectivity index (χ4n) is 4.46. The Balaban J connectivity index is 1.64. The second-order valence-electron chi connectivity index (χ2n) is 8.01. The molecule has 0 N–H and O–H groups in total. The molecule has 5 rings (SSSR count). The van der Waals surface area contributed by atoms with Crippen molar-refractivity contribution in [2.75, 3.05) is 11.5 Å². The predicted octanol–water partition coefficient (Wildman–Crippen LogP) is 4.68. The number of amides is 2. The molecule has 2 aliphatic rings. The van der Waals surface area contributed by atoms with Crippen LogP contribution in [0.5, 0.6) is 0 Å². The van der Waals surface area contributed by atoms with Gasteiger partial charge in [0.1, 0.15) is 11.8 Å². The van der Waals surface area contributed by atoms with Crippen LogP contribution in [0.3, 0.4) is 0 Å². The SMILES string of the molecule is CCOC(=O)Cn1c2c(sc1=O)[C@@H](c1ccc(Br)cc1)[C@@H]1C(=O)N(c3ccc(Cl)cc3)C(=O)[C@@H]1S2. The molecule has 0 unspecified atom stereocenters. The van der Waals surface area contributed by atoms with Crippen LogP contribution in [0, 0.1) is 5.92 Å². The number of ether oxygens (including phenoxy) is 1. The van der Waals surface area contributed by atoms with E-state index in [1.54, 1.807) is 31.2 Å². The minimum atomic E-state index is -0.748. The van der Waals surface area contributed by atoms with Gasteiger partial charge < -0.3 is 4.74 Å². The average molecular weight is 594 g/mol. The van der Waals surface area contributed by atoms with E-state index in [0.29, 0.717) is 20.6 Å². The number of thioether (sulfide) groups is 1. The number of anilines is 1. The first-order valence-corrected chi connectivity index (χ1v) is 13.6. The quantitative estimate of drug-likeness (QED) is 0.315. The maximum absolute atomic E-state index is 13.7. The molecular formula is C24H18BrClN2O5S2. The van der Waals surface area contributed by atoms with Crippen LogP contribution in [0.1, 0.15) is 23.3 Å². The number of esters is 1. The van der Waals surface area contributed by atoms with Gasteiger partial charge in [-0.25, -0.2) is 4.90 Å². The van der Waals surface area contributed by atoms with Gasteiger partial charge in [-0.1, -0.05) is 62.8 Å². The first-order chi connectivity index (χ1) is 16.8. The Labute approximate surface area is 222 Å². The van der Waals surface area contributed by atoms with E-state index in [1.165, 1.54) is 21.2 Å². The number of carbonyl (C=O) groups is 3. The Bertz CT molecular complexity index is 1390. The lowest BCUT2D eigenvalue weighted by Gasteiger charge is -2.30. The molecule has 180 valence electrons. The Hall–Kier alpha value is -2.40. The molecule has 3 aromatic rings. The average Bonchev–Trinajstić information content (AvgIpc) is 3.27. The van der Waals surface area contributed by atoms with E-state index >= 15 is 0 Å². The summed E-state index contributed by atoms with van der Waals surface area (Å²) in [6, 6.07) is 14.0. The summed E-state index contributed by atoms with van der Waals surface area (Å²) in [4.78, 5) is 54.0. The van der Waals surface area contributed by atoms with Crippen molar-refractivity contribution >= 4 is 74.1 Å². The fourth-order valence-corrected chi connectivity index (χ4v) is 7.63. The van der Waals surface area contributed by atoms with Crippen molar-refractivity contribution in [3.05, 3.63) is 78.1 Å². The standard InChI is InChI=1S/C24H18BrClN2O5S2/c1-2-33-16(29)11-27-23-20(35-24(27)32)17(12-3-5-13(25)6-4-12)18-19(34-23)22(31)28(21(18)30)15-9-7-14(26)8-10-15/h3-10,17-19H,2,11H2,1H3/t17-,18-,19+/m0/s1. The van der Waals surface area contributed by atoms with Crippen LogP contribution >= 0.6 is 50.6 Å². The third-order valence-corrected chi connectivity index (χ3v) is 9.34. The number of hydrogen-bond donors (Lipinski definition) is 0. The summed E-state index contributed by atoms with van der Waals surface area (Å²) < 4.78 is 7.27. The number of aromatic nitrogens is 1. The topological polar surface area (TPSA) is 85.7 Å². The molecule has 1 fully saturated rings. The number of benzene rings is 2. The molecule has 2 aliphatic heterocycles. The summed E-state index contributed by atoms with van der Waals surface area (Å²) in [6.07, 6.45) is 0. The lowest BCUT2D eigenvalue weighted by molar-refractivity contribution is -0.144. The highest BCUT2D eigenvalue weighted by Gasteiger charge is 2.56. The summed E-state index contributed by atoms with van der Waals surface area (Å²) in [5.74, 6) is -2.44. The van der Waals surface area contributed by atoms with E-state index in [-0.39, 0.29) is 29.8 Å². The minimum absolute atomic E-state index is 0.197. The second kappa shape index (κ2) is 9.57.